The van der Waals surface area contributed by atoms with Crippen molar-refractivity contribution in [2.45, 2.75) is 102 Å². The number of sulfonamides is 1. The van der Waals surface area contributed by atoms with Crippen molar-refractivity contribution in [1.82, 2.24) is 9.62 Å². The van der Waals surface area contributed by atoms with Gasteiger partial charge < -0.3 is 39.4 Å². The Balaban J connectivity index is 1.10. The number of aromatic carboxylic acids is 1. The van der Waals surface area contributed by atoms with Gasteiger partial charge in [-0.05, 0) is 109 Å². The maximum atomic E-state index is 14.0. The van der Waals surface area contributed by atoms with Crippen molar-refractivity contribution in [3.05, 3.63) is 99.9 Å². The number of methoxy groups -OCH3 is 1. The number of nitrogens with one attached hydrogen (secondary N) is 1. The Labute approximate surface area is 375 Å². The topological polar surface area (TPSA) is 164 Å². The normalized spacial score (nSPS) is 21.4. The molecular formula is C48H61N3O10S2. The third-order valence-electron chi connectivity index (χ3n) is 12.6. The van der Waals surface area contributed by atoms with Gasteiger partial charge in [-0.2, -0.15) is 4.31 Å². The molecule has 3 aromatic carbocycles. The van der Waals surface area contributed by atoms with Crippen LogP contribution in [0.15, 0.2) is 77.7 Å². The lowest BCUT2D eigenvalue weighted by Crippen LogP contribution is -2.51. The summed E-state index contributed by atoms with van der Waals surface area (Å²) in [5.41, 5.74) is 5.05. The minimum absolute atomic E-state index is 0.0457. The van der Waals surface area contributed by atoms with E-state index in [0.717, 1.165) is 57.0 Å². The predicted octanol–water partition coefficient (Wildman–Crippen LogP) is 7.77. The van der Waals surface area contributed by atoms with E-state index in [2.05, 4.69) is 24.1 Å². The molecule has 4 aromatic rings. The molecule has 7 rings (SSSR count). The fourth-order valence-corrected chi connectivity index (χ4v) is 12.1. The quantitative estimate of drug-likeness (QED) is 0.0949. The van der Waals surface area contributed by atoms with E-state index in [0.29, 0.717) is 30.9 Å². The molecule has 1 amide bonds. The van der Waals surface area contributed by atoms with E-state index < -0.39 is 46.1 Å². The smallest absolute Gasteiger partial charge is 0.407 e. The van der Waals surface area contributed by atoms with Gasteiger partial charge in [0.15, 0.2) is 5.79 Å². The van der Waals surface area contributed by atoms with E-state index in [-0.39, 0.29) is 48.3 Å². The first-order valence-electron chi connectivity index (χ1n) is 21.7. The Bertz CT molecular complexity index is 2370. The molecule has 1 aliphatic carbocycles. The molecule has 0 spiro atoms. The fourth-order valence-electron chi connectivity index (χ4n) is 9.13. The number of hydrogen-bond donors (Lipinski definition) is 3. The molecule has 2 aliphatic heterocycles. The average molecular weight is 904 g/mol. The third kappa shape index (κ3) is 10.4. The maximum absolute atomic E-state index is 14.0. The van der Waals surface area contributed by atoms with Crippen molar-refractivity contribution in [1.29, 1.82) is 0 Å². The first-order chi connectivity index (χ1) is 29.9. The van der Waals surface area contributed by atoms with E-state index in [1.807, 2.05) is 76.3 Å². The number of fused-ring (bicyclic) bond motifs is 2. The zero-order valence-electron chi connectivity index (χ0n) is 37.3. The Morgan fingerprint density at radius 2 is 1.71 bits per heavy atom. The number of benzene rings is 3. The first-order valence-corrected chi connectivity index (χ1v) is 24.0. The summed E-state index contributed by atoms with van der Waals surface area (Å²) in [5.74, 6) is -1.40. The molecule has 5 atom stereocenters. The Kier molecular flexibility index (Phi) is 14.0. The Morgan fingerprint density at radius 1 is 1.00 bits per heavy atom. The number of anilines is 1. The molecule has 63 heavy (non-hydrogen) atoms. The SMILES string of the molecule is COc1ccc(S(=O)(=O)N(CC(C)C)C[C@@H](O)[C@H](Cc2ccc(N(C)Cc3ccccc3-c3sc4c(c3C(=O)O)CC(C)(C)CC4)cc2)NC(=O)O[C@H]2CO[C@@]3(C)OCC[C@@H]23)cc1. The molecule has 0 unspecified atom stereocenters. The summed E-state index contributed by atoms with van der Waals surface area (Å²) < 4.78 is 52.1. The molecule has 340 valence electrons. The summed E-state index contributed by atoms with van der Waals surface area (Å²) in [4.78, 5) is 30.5. The molecule has 13 nitrogen and oxygen atoms in total. The van der Waals surface area contributed by atoms with Crippen molar-refractivity contribution in [3.8, 4) is 16.2 Å². The average Bonchev–Trinajstić information content (AvgIpc) is 3.90. The van der Waals surface area contributed by atoms with Gasteiger partial charge in [0, 0.05) is 42.1 Å². The standard InChI is InChI=1S/C48H61N3O10S2/c1-30(2)26-51(63(56,57)35-18-16-34(58-7)17-19-35)28-40(52)39(49-46(55)61-41-29-60-48(5)38(41)21-23-59-48)24-31-12-14-33(15-13-31)50(6)27-32-10-8-9-11-36(32)44-43(45(53)54)37-25-47(3,4)22-20-42(37)62-44/h8-19,30,38-41,52H,20-29H2,1-7H3,(H,49,55)(H,53,54)/t38-,39-,40+,41-,48+/m0/s1. The summed E-state index contributed by atoms with van der Waals surface area (Å²) in [6, 6.07) is 20.9. The van der Waals surface area contributed by atoms with Crippen LogP contribution in [-0.2, 0) is 50.0 Å². The Hall–Kier alpha value is -4.51. The Morgan fingerprint density at radius 3 is 2.40 bits per heavy atom. The van der Waals surface area contributed by atoms with E-state index in [1.165, 1.54) is 23.5 Å². The zero-order chi connectivity index (χ0) is 45.3. The molecule has 0 bridgehead atoms. The number of carbonyl (C=O) groups is 2. The highest BCUT2D eigenvalue weighted by atomic mass is 32.2. The van der Waals surface area contributed by atoms with Gasteiger partial charge in [0.1, 0.15) is 11.9 Å². The number of carboxylic acids is 1. The number of aliphatic hydroxyl groups is 1. The summed E-state index contributed by atoms with van der Waals surface area (Å²) >= 11 is 1.60. The van der Waals surface area contributed by atoms with Crippen LogP contribution in [-0.4, -0.2) is 99.5 Å². The summed E-state index contributed by atoms with van der Waals surface area (Å²) in [7, 11) is -0.564. The van der Waals surface area contributed by atoms with Crippen LogP contribution in [0.5, 0.6) is 5.75 Å². The van der Waals surface area contributed by atoms with Gasteiger partial charge >= 0.3 is 12.1 Å². The molecule has 0 radical (unpaired) electrons. The summed E-state index contributed by atoms with van der Waals surface area (Å²) in [5, 5.41) is 25.3. The summed E-state index contributed by atoms with van der Waals surface area (Å²) in [6.07, 6.45) is 0.877. The molecule has 3 aliphatic rings. The molecule has 3 N–H and O–H groups in total. The highest BCUT2D eigenvalue weighted by molar-refractivity contribution is 7.89. The van der Waals surface area contributed by atoms with Crippen LogP contribution >= 0.6 is 11.3 Å². The maximum Gasteiger partial charge on any atom is 0.407 e. The van der Waals surface area contributed by atoms with Crippen molar-refractivity contribution >= 4 is 39.1 Å². The zero-order valence-corrected chi connectivity index (χ0v) is 38.9. The molecule has 2 saturated heterocycles. The lowest BCUT2D eigenvalue weighted by atomic mass is 9.76. The van der Waals surface area contributed by atoms with Crippen LogP contribution in [0.25, 0.3) is 10.4 Å². The number of hydrogen-bond acceptors (Lipinski definition) is 11. The van der Waals surface area contributed by atoms with E-state index in [4.69, 9.17) is 18.9 Å². The second-order valence-corrected chi connectivity index (χ2v) is 21.5. The van der Waals surface area contributed by atoms with Gasteiger partial charge in [0.2, 0.25) is 10.0 Å². The van der Waals surface area contributed by atoms with Gasteiger partial charge in [-0.15, -0.1) is 11.3 Å². The minimum Gasteiger partial charge on any atom is -0.497 e. The van der Waals surface area contributed by atoms with Crippen molar-refractivity contribution in [3.63, 3.8) is 0 Å². The van der Waals surface area contributed by atoms with Crippen LogP contribution in [0.2, 0.25) is 0 Å². The number of aliphatic hydroxyl groups excluding tert-OH is 1. The minimum atomic E-state index is -4.05. The number of aryl methyl sites for hydroxylation is 1. The van der Waals surface area contributed by atoms with E-state index in [9.17, 15) is 28.2 Å². The highest BCUT2D eigenvalue weighted by Crippen LogP contribution is 2.46. The monoisotopic (exact) mass is 903 g/mol. The van der Waals surface area contributed by atoms with Gasteiger partial charge in [0.25, 0.3) is 0 Å². The first kappa shape index (κ1) is 46.5. The number of rotatable bonds is 17. The number of alkyl carbamates (subject to hydrolysis) is 1. The molecule has 1 aromatic heterocycles. The highest BCUT2D eigenvalue weighted by Gasteiger charge is 2.53. The molecule has 0 saturated carbocycles. The number of ether oxygens (including phenoxy) is 4. The number of carbonyl (C=O) groups excluding carboxylic acids is 1. The van der Waals surface area contributed by atoms with E-state index in [1.54, 1.807) is 23.5 Å². The molecule has 15 heteroatoms. The lowest BCUT2D eigenvalue weighted by Gasteiger charge is -2.31. The number of nitrogens with zero attached hydrogens (tertiary/aromatic N) is 2. The van der Waals surface area contributed by atoms with E-state index >= 15 is 0 Å². The second kappa shape index (κ2) is 18.9. The number of amides is 1. The fraction of sp³-hybridized carbons (Fsp3) is 0.500. The third-order valence-corrected chi connectivity index (χ3v) is 15.8. The van der Waals surface area contributed by atoms with Crippen LogP contribution in [0.3, 0.4) is 0 Å². The van der Waals surface area contributed by atoms with Crippen LogP contribution in [0, 0.1) is 17.3 Å². The van der Waals surface area contributed by atoms with Gasteiger partial charge in [-0.25, -0.2) is 18.0 Å². The van der Waals surface area contributed by atoms with Gasteiger partial charge in [-0.3, -0.25) is 0 Å². The number of thiophene rings is 1. The predicted molar refractivity (Wildman–Crippen MR) is 243 cm³/mol. The van der Waals surface area contributed by atoms with Crippen molar-refractivity contribution in [2.75, 3.05) is 45.4 Å². The second-order valence-electron chi connectivity index (χ2n) is 18.5. The lowest BCUT2D eigenvalue weighted by molar-refractivity contribution is -0.181. The van der Waals surface area contributed by atoms with Crippen LogP contribution in [0.1, 0.15) is 79.4 Å². The van der Waals surface area contributed by atoms with Crippen molar-refractivity contribution < 1.29 is 47.2 Å². The van der Waals surface area contributed by atoms with Crippen molar-refractivity contribution in [2.24, 2.45) is 17.3 Å². The largest absolute Gasteiger partial charge is 0.497 e. The molecular weight excluding hydrogens is 843 g/mol. The number of carboxylic acid groups (broad SMARTS) is 1. The summed E-state index contributed by atoms with van der Waals surface area (Å²) in [6.45, 7) is 11.1. The van der Waals surface area contributed by atoms with Crippen LogP contribution < -0.4 is 15.0 Å². The van der Waals surface area contributed by atoms with Crippen LogP contribution in [0.4, 0.5) is 10.5 Å². The molecule has 2 fully saturated rings. The van der Waals surface area contributed by atoms with Gasteiger partial charge in [-0.1, -0.05) is 64.1 Å². The van der Waals surface area contributed by atoms with Gasteiger partial charge in [0.05, 0.1) is 48.8 Å². The molecule has 3 heterocycles.